The molecule has 4 unspecified atom stereocenters. The van der Waals surface area contributed by atoms with Gasteiger partial charge in [-0.3, -0.25) is 38.4 Å². The molecule has 5 rings (SSSR count). The second-order valence-electron chi connectivity index (χ2n) is 14.9. The number of Topliss-reactive ketones (excluding diaryl/α,β-unsaturated/α-hetero) is 1. The van der Waals surface area contributed by atoms with E-state index in [9.17, 15) is 57.8 Å². The molecule has 2 aliphatic rings. The van der Waals surface area contributed by atoms with Crippen LogP contribution in [0.25, 0.3) is 0 Å². The first-order valence-corrected chi connectivity index (χ1v) is 19.6. The van der Waals surface area contributed by atoms with Crippen LogP contribution in [0.4, 0.5) is 4.39 Å². The molecule has 20 nitrogen and oxygen atoms in total. The maximum absolute atomic E-state index is 14.1. The van der Waals surface area contributed by atoms with Crippen molar-refractivity contribution in [1.82, 2.24) is 21.3 Å². The molecule has 0 aromatic heterocycles. The number of alkyl halides is 1. The van der Waals surface area contributed by atoms with Crippen molar-refractivity contribution in [2.75, 3.05) is 28.0 Å². The fraction of sp³-hybridized carbons (Fsp3) is 0.372. The molecule has 4 amide bonds. The quantitative estimate of drug-likeness (QED) is 0.0779. The van der Waals surface area contributed by atoms with Crippen molar-refractivity contribution in [2.24, 2.45) is 5.92 Å². The van der Waals surface area contributed by atoms with Gasteiger partial charge in [-0.05, 0) is 54.8 Å². The van der Waals surface area contributed by atoms with E-state index in [0.29, 0.717) is 0 Å². The van der Waals surface area contributed by atoms with Crippen LogP contribution in [0.5, 0.6) is 23.0 Å². The SMILES string of the molecule is COC(=O)CCC(NC(=O)C(CC(=O)OC)NC(=O)c1ccc2c(c1)C1(OC2=O)c2ccc(O)cc2Oc2cc(O)ccc21)C(=O)NC(C(=O)NC(CC(=O)OC)C(=O)CF)C(C)C. The number of amides is 4. The number of methoxy groups -OCH3 is 3. The molecule has 2 aliphatic heterocycles. The van der Waals surface area contributed by atoms with Gasteiger partial charge in [-0.25, -0.2) is 9.18 Å². The number of rotatable bonds is 18. The largest absolute Gasteiger partial charge is 0.508 e. The van der Waals surface area contributed by atoms with Crippen LogP contribution in [0.3, 0.4) is 0 Å². The Balaban J connectivity index is 1.44. The molecule has 0 aliphatic carbocycles. The lowest BCUT2D eigenvalue weighted by atomic mass is 9.77. The molecule has 2 heterocycles. The normalized spacial score (nSPS) is 14.7. The molecule has 4 atom stereocenters. The molecule has 6 N–H and O–H groups in total. The number of benzene rings is 3. The summed E-state index contributed by atoms with van der Waals surface area (Å²) >= 11 is 0. The Morgan fingerprint density at radius 2 is 1.22 bits per heavy atom. The van der Waals surface area contributed by atoms with Crippen LogP contribution in [0.15, 0.2) is 54.6 Å². The van der Waals surface area contributed by atoms with Gasteiger partial charge in [0.1, 0.15) is 53.8 Å². The minimum absolute atomic E-state index is 0.0428. The van der Waals surface area contributed by atoms with Gasteiger partial charge in [0.25, 0.3) is 5.91 Å². The minimum Gasteiger partial charge on any atom is -0.508 e. The van der Waals surface area contributed by atoms with Gasteiger partial charge in [0.05, 0.1) is 39.7 Å². The van der Waals surface area contributed by atoms with Gasteiger partial charge in [0.15, 0.2) is 11.4 Å². The second-order valence-corrected chi connectivity index (χ2v) is 14.9. The summed E-state index contributed by atoms with van der Waals surface area (Å²) in [6, 6.07) is 5.57. The van der Waals surface area contributed by atoms with Crippen molar-refractivity contribution >= 4 is 53.3 Å². The highest BCUT2D eigenvalue weighted by Gasteiger charge is 2.54. The number of halogens is 1. The van der Waals surface area contributed by atoms with Crippen LogP contribution in [0.2, 0.25) is 0 Å². The minimum atomic E-state index is -1.76. The topological polar surface area (TPSA) is 288 Å². The summed E-state index contributed by atoms with van der Waals surface area (Å²) in [6.07, 6.45) is -2.35. The van der Waals surface area contributed by atoms with Crippen LogP contribution < -0.4 is 26.0 Å². The fourth-order valence-corrected chi connectivity index (χ4v) is 7.09. The Bertz CT molecular complexity index is 2330. The van der Waals surface area contributed by atoms with Crippen LogP contribution in [0.1, 0.15) is 76.9 Å². The highest BCUT2D eigenvalue weighted by molar-refractivity contribution is 6.03. The summed E-state index contributed by atoms with van der Waals surface area (Å²) in [5.41, 5.74) is -1.19. The van der Waals surface area contributed by atoms with Crippen molar-refractivity contribution in [2.45, 2.75) is 69.3 Å². The number of fused-ring (bicyclic) bond motifs is 6. The first kappa shape index (κ1) is 47.5. The van der Waals surface area contributed by atoms with Crippen molar-refractivity contribution in [3.05, 3.63) is 82.4 Å². The molecule has 0 bridgehead atoms. The van der Waals surface area contributed by atoms with Crippen molar-refractivity contribution in [3.63, 3.8) is 0 Å². The van der Waals surface area contributed by atoms with Crippen molar-refractivity contribution in [3.8, 4) is 23.0 Å². The lowest BCUT2D eigenvalue weighted by molar-refractivity contribution is -0.144. The maximum atomic E-state index is 14.1. The van der Waals surface area contributed by atoms with Gasteiger partial charge in [-0.2, -0.15) is 0 Å². The number of carbonyl (C=O) groups excluding carboxylic acids is 9. The molecule has 0 saturated carbocycles. The Morgan fingerprint density at radius 3 is 1.77 bits per heavy atom. The summed E-state index contributed by atoms with van der Waals surface area (Å²) in [6.45, 7) is 1.50. The molecule has 1 spiro atoms. The van der Waals surface area contributed by atoms with Crippen LogP contribution in [0, 0.1) is 5.92 Å². The number of nitrogens with one attached hydrogen (secondary N) is 4. The first-order valence-electron chi connectivity index (χ1n) is 19.6. The Labute approximate surface area is 364 Å². The van der Waals surface area contributed by atoms with E-state index in [1.165, 1.54) is 68.4 Å². The molecule has 0 fully saturated rings. The van der Waals surface area contributed by atoms with E-state index in [2.05, 4.69) is 30.7 Å². The van der Waals surface area contributed by atoms with E-state index < -0.39 is 121 Å². The molecular formula is C43H45FN4O16. The molecule has 3 aromatic rings. The summed E-state index contributed by atoms with van der Waals surface area (Å²) in [4.78, 5) is 118. The highest BCUT2D eigenvalue weighted by atomic mass is 19.1. The summed E-state index contributed by atoms with van der Waals surface area (Å²) in [7, 11) is 3.13. The Kier molecular flexibility index (Phi) is 14.9. The zero-order chi connectivity index (χ0) is 47.0. The van der Waals surface area contributed by atoms with E-state index >= 15 is 0 Å². The third kappa shape index (κ3) is 10.2. The monoisotopic (exact) mass is 892 g/mol. The predicted octanol–water partition coefficient (Wildman–Crippen LogP) is 1.49. The molecule has 0 saturated heterocycles. The smallest absolute Gasteiger partial charge is 0.340 e. The molecular weight excluding hydrogens is 847 g/mol. The zero-order valence-corrected chi connectivity index (χ0v) is 35.1. The lowest BCUT2D eigenvalue weighted by Crippen LogP contribution is -2.59. The van der Waals surface area contributed by atoms with Crippen LogP contribution in [-0.4, -0.2) is 116 Å². The third-order valence-corrected chi connectivity index (χ3v) is 10.4. The Morgan fingerprint density at radius 1 is 0.672 bits per heavy atom. The average Bonchev–Trinajstić information content (AvgIpc) is 3.55. The molecule has 340 valence electrons. The number of aromatic hydroxyl groups is 2. The number of hydrogen-bond donors (Lipinski definition) is 6. The van der Waals surface area contributed by atoms with Gasteiger partial charge >= 0.3 is 23.9 Å². The molecule has 3 aromatic carbocycles. The van der Waals surface area contributed by atoms with E-state index in [-0.39, 0.29) is 50.8 Å². The fourth-order valence-electron chi connectivity index (χ4n) is 7.09. The van der Waals surface area contributed by atoms with E-state index in [4.69, 9.17) is 14.2 Å². The molecule has 0 radical (unpaired) electrons. The van der Waals surface area contributed by atoms with Crippen molar-refractivity contribution < 1.29 is 81.4 Å². The van der Waals surface area contributed by atoms with E-state index in [1.807, 2.05) is 0 Å². The number of hydrogen-bond acceptors (Lipinski definition) is 16. The van der Waals surface area contributed by atoms with Crippen LogP contribution >= 0.6 is 0 Å². The number of carbonyl (C=O) groups is 9. The van der Waals surface area contributed by atoms with E-state index in [1.54, 1.807) is 0 Å². The second kappa shape index (κ2) is 20.1. The third-order valence-electron chi connectivity index (χ3n) is 10.4. The lowest BCUT2D eigenvalue weighted by Gasteiger charge is -2.36. The molecule has 21 heteroatoms. The summed E-state index contributed by atoms with van der Waals surface area (Å²) in [5, 5.41) is 30.0. The number of ether oxygens (including phenoxy) is 5. The van der Waals surface area contributed by atoms with E-state index in [0.717, 1.165) is 21.3 Å². The van der Waals surface area contributed by atoms with Crippen LogP contribution in [-0.2, 0) is 58.1 Å². The number of phenolic OH excluding ortho intramolecular Hbond substituents is 2. The van der Waals surface area contributed by atoms with Gasteiger partial charge < -0.3 is 55.2 Å². The summed E-state index contributed by atoms with van der Waals surface area (Å²) < 4.78 is 39.3. The van der Waals surface area contributed by atoms with Gasteiger partial charge in [-0.15, -0.1) is 0 Å². The van der Waals surface area contributed by atoms with Gasteiger partial charge in [0, 0.05) is 40.8 Å². The van der Waals surface area contributed by atoms with Gasteiger partial charge in [0.2, 0.25) is 17.7 Å². The highest BCUT2D eigenvalue weighted by Crippen LogP contribution is 2.57. The number of ketones is 1. The predicted molar refractivity (Wildman–Crippen MR) is 215 cm³/mol. The number of esters is 4. The maximum Gasteiger partial charge on any atom is 0.340 e. The average molecular weight is 893 g/mol. The molecule has 64 heavy (non-hydrogen) atoms. The Hall–Kier alpha value is -7.58. The number of phenols is 2. The standard InChI is InChI=1S/C43H45FN4O16/c1-20(2)37(41(58)46-29(31(51)19-44)17-35(53)61-4)48-39(56)28(12-13-34(52)60-3)45-40(57)30(18-36(54)62-5)47-38(55)21-6-9-24-27(14-21)43(64-42(24)59)25-10-7-22(49)15-32(25)63-33-16-23(50)8-11-26(33)43/h6-11,14-16,20,28-30,37,49-50H,12-13,17-19H2,1-5H3,(H,45,57)(H,46,58)(H,47,55)(H,48,56). The van der Waals surface area contributed by atoms with Crippen molar-refractivity contribution in [1.29, 1.82) is 0 Å². The summed E-state index contributed by atoms with van der Waals surface area (Å²) in [5.74, 6) is -9.66. The first-order chi connectivity index (χ1) is 30.4. The zero-order valence-electron chi connectivity index (χ0n) is 35.1. The van der Waals surface area contributed by atoms with Gasteiger partial charge in [-0.1, -0.05) is 13.8 Å².